The summed E-state index contributed by atoms with van der Waals surface area (Å²) >= 11 is 7.28. The lowest BCUT2D eigenvalue weighted by molar-refractivity contribution is 0.103. The van der Waals surface area contributed by atoms with Gasteiger partial charge in [-0.25, -0.2) is 12.8 Å². The molecule has 0 saturated heterocycles. The highest BCUT2D eigenvalue weighted by atomic mass is 35.5. The molecular weight excluding hydrogens is 411 g/mol. The molecule has 0 radical (unpaired) electrons. The number of hydrogen-bond acceptors (Lipinski definition) is 4. The van der Waals surface area contributed by atoms with Crippen LogP contribution in [0.2, 0.25) is 5.02 Å². The molecule has 0 spiro atoms. The topological polar surface area (TPSA) is 75.3 Å². The van der Waals surface area contributed by atoms with Crippen LogP contribution >= 0.6 is 22.9 Å². The SMILES string of the molecule is Cc1ccc(C(=O)Nc2cc(Cl)ccc2NS(=O)(=O)c2ccccc2F)s1. The van der Waals surface area contributed by atoms with Crippen molar-refractivity contribution in [3.63, 3.8) is 0 Å². The number of nitrogens with one attached hydrogen (secondary N) is 2. The van der Waals surface area contributed by atoms with Crippen LogP contribution in [0.3, 0.4) is 0 Å². The summed E-state index contributed by atoms with van der Waals surface area (Å²) in [5.41, 5.74) is 0.239. The Labute approximate surface area is 164 Å². The highest BCUT2D eigenvalue weighted by Crippen LogP contribution is 2.29. The second-order valence-electron chi connectivity index (χ2n) is 5.59. The van der Waals surface area contributed by atoms with Crippen molar-refractivity contribution in [2.75, 3.05) is 10.0 Å². The number of carbonyl (C=O) groups is 1. The Bertz CT molecular complexity index is 1110. The molecule has 2 N–H and O–H groups in total. The molecule has 9 heteroatoms. The van der Waals surface area contributed by atoms with Crippen LogP contribution in [-0.4, -0.2) is 14.3 Å². The predicted molar refractivity (Wildman–Crippen MR) is 106 cm³/mol. The molecule has 0 aliphatic rings. The fraction of sp³-hybridized carbons (Fsp3) is 0.0556. The fourth-order valence-electron chi connectivity index (χ4n) is 2.31. The first kappa shape index (κ1) is 19.3. The van der Waals surface area contributed by atoms with Gasteiger partial charge < -0.3 is 5.32 Å². The number of thiophene rings is 1. The van der Waals surface area contributed by atoms with Crippen LogP contribution in [0.25, 0.3) is 0 Å². The molecule has 2 aromatic carbocycles. The quantitative estimate of drug-likeness (QED) is 0.611. The summed E-state index contributed by atoms with van der Waals surface area (Å²) in [6.07, 6.45) is 0. The molecule has 3 rings (SSSR count). The van der Waals surface area contributed by atoms with Gasteiger partial charge in [0, 0.05) is 9.90 Å². The zero-order chi connectivity index (χ0) is 19.6. The van der Waals surface area contributed by atoms with Crippen molar-refractivity contribution in [1.29, 1.82) is 0 Å². The van der Waals surface area contributed by atoms with Crippen molar-refractivity contribution in [3.05, 3.63) is 75.2 Å². The predicted octanol–water partition coefficient (Wildman–Crippen LogP) is 4.90. The number of sulfonamides is 1. The summed E-state index contributed by atoms with van der Waals surface area (Å²) in [4.78, 5) is 13.3. The van der Waals surface area contributed by atoms with Gasteiger partial charge in [-0.3, -0.25) is 9.52 Å². The molecule has 0 aliphatic heterocycles. The largest absolute Gasteiger partial charge is 0.319 e. The Kier molecular flexibility index (Phi) is 5.50. The number of aryl methyl sites for hydroxylation is 1. The Balaban J connectivity index is 1.92. The van der Waals surface area contributed by atoms with Gasteiger partial charge in [-0.05, 0) is 49.4 Å². The summed E-state index contributed by atoms with van der Waals surface area (Å²) in [7, 11) is -4.19. The minimum absolute atomic E-state index is 0.0734. The molecule has 0 aliphatic carbocycles. The molecule has 1 amide bonds. The number of halogens is 2. The molecule has 0 atom stereocenters. The number of hydrogen-bond donors (Lipinski definition) is 2. The normalized spacial score (nSPS) is 11.2. The van der Waals surface area contributed by atoms with E-state index in [2.05, 4.69) is 10.0 Å². The number of anilines is 2. The highest BCUT2D eigenvalue weighted by Gasteiger charge is 2.21. The molecule has 3 aromatic rings. The number of amides is 1. The molecule has 1 aromatic heterocycles. The Hall–Kier alpha value is -2.42. The Morgan fingerprint density at radius 1 is 1.07 bits per heavy atom. The zero-order valence-electron chi connectivity index (χ0n) is 14.0. The van der Waals surface area contributed by atoms with Gasteiger partial charge in [-0.2, -0.15) is 0 Å². The summed E-state index contributed by atoms with van der Waals surface area (Å²) < 4.78 is 41.2. The number of rotatable bonds is 5. The van der Waals surface area contributed by atoms with E-state index in [0.717, 1.165) is 17.0 Å². The standard InChI is InChI=1S/C18H14ClFN2O3S2/c1-11-6-9-16(26-11)18(23)21-15-10-12(19)7-8-14(15)22-27(24,25)17-5-3-2-4-13(17)20/h2-10,22H,1H3,(H,21,23). The summed E-state index contributed by atoms with van der Waals surface area (Å²) in [6, 6.07) is 12.8. The maximum Gasteiger partial charge on any atom is 0.265 e. The van der Waals surface area contributed by atoms with Crippen molar-refractivity contribution in [2.45, 2.75) is 11.8 Å². The lowest BCUT2D eigenvalue weighted by Gasteiger charge is -2.14. The number of carbonyl (C=O) groups excluding carboxylic acids is 1. The van der Waals surface area contributed by atoms with Crippen LogP contribution in [0, 0.1) is 12.7 Å². The lowest BCUT2D eigenvalue weighted by atomic mass is 10.2. The third-order valence-electron chi connectivity index (χ3n) is 3.56. The summed E-state index contributed by atoms with van der Waals surface area (Å²) in [5, 5.41) is 2.94. The number of benzene rings is 2. The average Bonchev–Trinajstić information content (AvgIpc) is 3.04. The van der Waals surface area contributed by atoms with Gasteiger partial charge >= 0.3 is 0 Å². The monoisotopic (exact) mass is 424 g/mol. The molecular formula is C18H14ClFN2O3S2. The van der Waals surface area contributed by atoms with Gasteiger partial charge in [-0.1, -0.05) is 23.7 Å². The molecule has 0 bridgehead atoms. The van der Waals surface area contributed by atoms with Gasteiger partial charge in [0.25, 0.3) is 15.9 Å². The van der Waals surface area contributed by atoms with Crippen molar-refractivity contribution in [3.8, 4) is 0 Å². The molecule has 1 heterocycles. The van der Waals surface area contributed by atoms with Gasteiger partial charge in [-0.15, -0.1) is 11.3 Å². The smallest absolute Gasteiger partial charge is 0.265 e. The third-order valence-corrected chi connectivity index (χ3v) is 6.20. The second kappa shape index (κ2) is 7.67. The maximum atomic E-state index is 13.9. The Morgan fingerprint density at radius 2 is 1.81 bits per heavy atom. The first-order valence-electron chi connectivity index (χ1n) is 7.71. The lowest BCUT2D eigenvalue weighted by Crippen LogP contribution is -2.17. The van der Waals surface area contributed by atoms with Crippen LogP contribution in [0.15, 0.2) is 59.5 Å². The van der Waals surface area contributed by atoms with E-state index in [4.69, 9.17) is 11.6 Å². The van der Waals surface area contributed by atoms with E-state index in [1.54, 1.807) is 12.1 Å². The minimum Gasteiger partial charge on any atom is -0.319 e. The average molecular weight is 425 g/mol. The molecule has 27 heavy (non-hydrogen) atoms. The van der Waals surface area contributed by atoms with Gasteiger partial charge in [0.05, 0.1) is 16.3 Å². The maximum absolute atomic E-state index is 13.9. The summed E-state index contributed by atoms with van der Waals surface area (Å²) in [6.45, 7) is 1.87. The van der Waals surface area contributed by atoms with E-state index in [1.807, 2.05) is 6.92 Å². The van der Waals surface area contributed by atoms with Crippen LogP contribution in [0.4, 0.5) is 15.8 Å². The van der Waals surface area contributed by atoms with Crippen molar-refractivity contribution >= 4 is 50.2 Å². The van der Waals surface area contributed by atoms with E-state index >= 15 is 0 Å². The van der Waals surface area contributed by atoms with Gasteiger partial charge in [0.2, 0.25) is 0 Å². The third kappa shape index (κ3) is 4.47. The Morgan fingerprint density at radius 3 is 2.48 bits per heavy atom. The van der Waals surface area contributed by atoms with Crippen molar-refractivity contribution < 1.29 is 17.6 Å². The van der Waals surface area contributed by atoms with Crippen LogP contribution in [0.1, 0.15) is 14.5 Å². The van der Waals surface area contributed by atoms with Crippen LogP contribution < -0.4 is 10.0 Å². The highest BCUT2D eigenvalue weighted by molar-refractivity contribution is 7.92. The molecule has 0 saturated carbocycles. The summed E-state index contributed by atoms with van der Waals surface area (Å²) in [5.74, 6) is -1.28. The van der Waals surface area contributed by atoms with Crippen molar-refractivity contribution in [1.82, 2.24) is 0 Å². The van der Waals surface area contributed by atoms with Crippen LogP contribution in [-0.2, 0) is 10.0 Å². The second-order valence-corrected chi connectivity index (χ2v) is 8.97. The van der Waals surface area contributed by atoms with Crippen LogP contribution in [0.5, 0.6) is 0 Å². The fourth-order valence-corrected chi connectivity index (χ4v) is 4.41. The first-order chi connectivity index (χ1) is 12.8. The van der Waals surface area contributed by atoms with E-state index in [1.165, 1.54) is 41.7 Å². The van der Waals surface area contributed by atoms with E-state index in [0.29, 0.717) is 9.90 Å². The van der Waals surface area contributed by atoms with E-state index < -0.39 is 26.6 Å². The molecule has 140 valence electrons. The molecule has 0 fully saturated rings. The van der Waals surface area contributed by atoms with E-state index in [9.17, 15) is 17.6 Å². The van der Waals surface area contributed by atoms with Gasteiger partial charge in [0.1, 0.15) is 10.7 Å². The minimum atomic E-state index is -4.19. The van der Waals surface area contributed by atoms with E-state index in [-0.39, 0.29) is 11.4 Å². The van der Waals surface area contributed by atoms with Gasteiger partial charge in [0.15, 0.2) is 0 Å². The molecule has 0 unspecified atom stereocenters. The van der Waals surface area contributed by atoms with Crippen molar-refractivity contribution in [2.24, 2.45) is 0 Å². The first-order valence-corrected chi connectivity index (χ1v) is 10.4. The molecule has 5 nitrogen and oxygen atoms in total. The zero-order valence-corrected chi connectivity index (χ0v) is 16.4.